The number of phenolic OH excluding ortho intramolecular Hbond substituents is 1. The Morgan fingerprint density at radius 3 is 3.05 bits per heavy atom. The van der Waals surface area contributed by atoms with Crippen molar-refractivity contribution in [2.75, 3.05) is 5.43 Å². The molecule has 2 aromatic rings. The Hall–Kier alpha value is -2.63. The van der Waals surface area contributed by atoms with E-state index in [1.54, 1.807) is 24.3 Å². The maximum atomic E-state index is 11.4. The Kier molecular flexibility index (Phi) is 4.49. The minimum Gasteiger partial charge on any atom is -0.508 e. The molecule has 1 aromatic heterocycles. The van der Waals surface area contributed by atoms with Crippen LogP contribution in [0.2, 0.25) is 0 Å². The van der Waals surface area contributed by atoms with E-state index in [9.17, 15) is 9.90 Å². The Labute approximate surface area is 116 Å². The Bertz CT molecular complexity index is 664. The highest BCUT2D eigenvalue weighted by molar-refractivity contribution is 5.80. The monoisotopic (exact) mass is 272 g/mol. The van der Waals surface area contributed by atoms with Crippen LogP contribution in [0.5, 0.6) is 5.75 Å². The summed E-state index contributed by atoms with van der Waals surface area (Å²) in [5.41, 5.74) is 3.93. The van der Waals surface area contributed by atoms with Gasteiger partial charge in [-0.1, -0.05) is 25.5 Å². The van der Waals surface area contributed by atoms with Gasteiger partial charge in [-0.25, -0.2) is 10.4 Å². The number of nitrogens with zero attached hydrogens (tertiary/aromatic N) is 2. The van der Waals surface area contributed by atoms with Gasteiger partial charge in [0, 0.05) is 11.8 Å². The lowest BCUT2D eigenvalue weighted by Gasteiger charge is -2.02. The maximum Gasteiger partial charge on any atom is 0.252 e. The number of rotatable bonds is 5. The SMILES string of the molecule is CCCc1cc(=O)[nH]c(NN=Cc2cccc(O)c2)n1. The van der Waals surface area contributed by atoms with Gasteiger partial charge in [-0.05, 0) is 24.1 Å². The third kappa shape index (κ3) is 3.94. The van der Waals surface area contributed by atoms with Crippen molar-refractivity contribution in [1.29, 1.82) is 0 Å². The van der Waals surface area contributed by atoms with Gasteiger partial charge in [0.1, 0.15) is 5.75 Å². The van der Waals surface area contributed by atoms with Crippen LogP contribution in [-0.2, 0) is 6.42 Å². The van der Waals surface area contributed by atoms with E-state index in [-0.39, 0.29) is 11.3 Å². The van der Waals surface area contributed by atoms with Crippen molar-refractivity contribution in [3.05, 3.63) is 51.9 Å². The molecule has 6 heteroatoms. The molecular formula is C14H16N4O2. The highest BCUT2D eigenvalue weighted by Gasteiger charge is 1.99. The third-order valence-electron chi connectivity index (χ3n) is 2.56. The van der Waals surface area contributed by atoms with Gasteiger partial charge in [0.15, 0.2) is 0 Å². The largest absolute Gasteiger partial charge is 0.508 e. The van der Waals surface area contributed by atoms with Crippen LogP contribution in [0.1, 0.15) is 24.6 Å². The Morgan fingerprint density at radius 2 is 2.30 bits per heavy atom. The standard InChI is InChI=1S/C14H16N4O2/c1-2-4-11-8-13(20)17-14(16-11)18-15-9-10-5-3-6-12(19)7-10/h3,5-9,19H,2,4H2,1H3,(H2,16,17,18,20). The van der Waals surface area contributed by atoms with Crippen molar-refractivity contribution in [2.24, 2.45) is 5.10 Å². The van der Waals surface area contributed by atoms with Gasteiger partial charge in [0.25, 0.3) is 5.56 Å². The number of aromatic nitrogens is 2. The first kappa shape index (κ1) is 13.8. The fraction of sp³-hybridized carbons (Fsp3) is 0.214. The number of hydrogen-bond acceptors (Lipinski definition) is 5. The number of hydrogen-bond donors (Lipinski definition) is 3. The van der Waals surface area contributed by atoms with Crippen molar-refractivity contribution >= 4 is 12.2 Å². The molecule has 0 bridgehead atoms. The van der Waals surface area contributed by atoms with Gasteiger partial charge >= 0.3 is 0 Å². The molecule has 0 aliphatic rings. The van der Waals surface area contributed by atoms with Crippen LogP contribution in [-0.4, -0.2) is 21.3 Å². The second kappa shape index (κ2) is 6.51. The zero-order chi connectivity index (χ0) is 14.4. The van der Waals surface area contributed by atoms with E-state index in [4.69, 9.17) is 0 Å². The summed E-state index contributed by atoms with van der Waals surface area (Å²) in [6.45, 7) is 2.02. The second-order valence-corrected chi connectivity index (χ2v) is 4.30. The van der Waals surface area contributed by atoms with Gasteiger partial charge in [-0.3, -0.25) is 9.78 Å². The minimum absolute atomic E-state index is 0.172. The van der Waals surface area contributed by atoms with E-state index in [0.717, 1.165) is 24.1 Å². The lowest BCUT2D eigenvalue weighted by molar-refractivity contribution is 0.475. The van der Waals surface area contributed by atoms with Crippen molar-refractivity contribution in [1.82, 2.24) is 9.97 Å². The van der Waals surface area contributed by atoms with Crippen LogP contribution in [0, 0.1) is 0 Å². The first-order valence-corrected chi connectivity index (χ1v) is 6.35. The average Bonchev–Trinajstić information content (AvgIpc) is 2.38. The number of aromatic amines is 1. The molecule has 104 valence electrons. The number of benzene rings is 1. The summed E-state index contributed by atoms with van der Waals surface area (Å²) in [4.78, 5) is 18.2. The number of nitrogens with one attached hydrogen (secondary N) is 2. The molecule has 0 fully saturated rings. The molecule has 6 nitrogen and oxygen atoms in total. The van der Waals surface area contributed by atoms with E-state index in [2.05, 4.69) is 20.5 Å². The number of H-pyrrole nitrogens is 1. The number of aryl methyl sites for hydroxylation is 1. The lowest BCUT2D eigenvalue weighted by atomic mass is 10.2. The first-order valence-electron chi connectivity index (χ1n) is 6.35. The normalized spacial score (nSPS) is 10.8. The highest BCUT2D eigenvalue weighted by Crippen LogP contribution is 2.08. The van der Waals surface area contributed by atoms with Crippen molar-refractivity contribution in [3.63, 3.8) is 0 Å². The fourth-order valence-corrected chi connectivity index (χ4v) is 1.72. The molecule has 1 heterocycles. The Morgan fingerprint density at radius 1 is 1.45 bits per heavy atom. The Balaban J connectivity index is 2.08. The fourth-order valence-electron chi connectivity index (χ4n) is 1.72. The summed E-state index contributed by atoms with van der Waals surface area (Å²) in [5.74, 6) is 0.475. The molecular weight excluding hydrogens is 256 g/mol. The van der Waals surface area contributed by atoms with Gasteiger partial charge in [0.2, 0.25) is 5.95 Å². The van der Waals surface area contributed by atoms with Gasteiger partial charge < -0.3 is 5.11 Å². The second-order valence-electron chi connectivity index (χ2n) is 4.30. The minimum atomic E-state index is -0.210. The van der Waals surface area contributed by atoms with Crippen molar-refractivity contribution < 1.29 is 5.11 Å². The van der Waals surface area contributed by atoms with Crippen LogP contribution in [0.15, 0.2) is 40.2 Å². The zero-order valence-electron chi connectivity index (χ0n) is 11.1. The summed E-state index contributed by atoms with van der Waals surface area (Å²) in [7, 11) is 0. The smallest absolute Gasteiger partial charge is 0.252 e. The molecule has 2 rings (SSSR count). The zero-order valence-corrected chi connectivity index (χ0v) is 11.1. The molecule has 0 spiro atoms. The quantitative estimate of drug-likeness (QED) is 0.572. The van der Waals surface area contributed by atoms with Crippen molar-refractivity contribution in [3.8, 4) is 5.75 Å². The van der Waals surface area contributed by atoms with Gasteiger partial charge in [-0.15, -0.1) is 0 Å². The van der Waals surface area contributed by atoms with Crippen LogP contribution >= 0.6 is 0 Å². The average molecular weight is 272 g/mol. The number of aromatic hydroxyl groups is 1. The van der Waals surface area contributed by atoms with Gasteiger partial charge in [-0.2, -0.15) is 5.10 Å². The van der Waals surface area contributed by atoms with E-state index in [0.29, 0.717) is 5.95 Å². The molecule has 0 unspecified atom stereocenters. The summed E-state index contributed by atoms with van der Waals surface area (Å²) in [5, 5.41) is 13.3. The predicted octanol–water partition coefficient (Wildman–Crippen LogP) is 1.87. The van der Waals surface area contributed by atoms with E-state index in [1.165, 1.54) is 12.3 Å². The molecule has 0 saturated heterocycles. The molecule has 0 radical (unpaired) electrons. The molecule has 1 aromatic carbocycles. The highest BCUT2D eigenvalue weighted by atomic mass is 16.3. The number of anilines is 1. The predicted molar refractivity (Wildman–Crippen MR) is 78.2 cm³/mol. The summed E-state index contributed by atoms with van der Waals surface area (Å²) < 4.78 is 0. The lowest BCUT2D eigenvalue weighted by Crippen LogP contribution is -2.11. The van der Waals surface area contributed by atoms with Crippen molar-refractivity contribution in [2.45, 2.75) is 19.8 Å². The van der Waals surface area contributed by atoms with Gasteiger partial charge in [0.05, 0.1) is 6.21 Å². The van der Waals surface area contributed by atoms with Crippen LogP contribution < -0.4 is 11.0 Å². The summed E-state index contributed by atoms with van der Waals surface area (Å²) >= 11 is 0. The number of hydrazone groups is 1. The molecule has 20 heavy (non-hydrogen) atoms. The van der Waals surface area contributed by atoms with E-state index >= 15 is 0 Å². The molecule has 0 aliphatic carbocycles. The number of phenols is 1. The summed E-state index contributed by atoms with van der Waals surface area (Å²) in [6.07, 6.45) is 3.20. The van der Waals surface area contributed by atoms with Crippen LogP contribution in [0.25, 0.3) is 0 Å². The molecule has 0 aliphatic heterocycles. The maximum absolute atomic E-state index is 11.4. The molecule has 0 atom stereocenters. The third-order valence-corrected chi connectivity index (χ3v) is 2.56. The molecule has 0 saturated carbocycles. The van der Waals surface area contributed by atoms with E-state index < -0.39 is 0 Å². The van der Waals surface area contributed by atoms with Crippen LogP contribution in [0.4, 0.5) is 5.95 Å². The first-order chi connectivity index (χ1) is 9.67. The molecule has 3 N–H and O–H groups in total. The van der Waals surface area contributed by atoms with Crippen LogP contribution in [0.3, 0.4) is 0 Å². The molecule has 0 amide bonds. The summed E-state index contributed by atoms with van der Waals surface area (Å²) in [6, 6.07) is 8.16. The topological polar surface area (TPSA) is 90.4 Å². The van der Waals surface area contributed by atoms with E-state index in [1.807, 2.05) is 6.92 Å².